The molecular weight excluding hydrogens is 272 g/mol. The van der Waals surface area contributed by atoms with Gasteiger partial charge in [0.05, 0.1) is 18.2 Å². The van der Waals surface area contributed by atoms with Crippen LogP contribution in [0.15, 0.2) is 18.2 Å². The van der Waals surface area contributed by atoms with Gasteiger partial charge < -0.3 is 9.88 Å². The average Bonchev–Trinajstić information content (AvgIpc) is 2.81. The summed E-state index contributed by atoms with van der Waals surface area (Å²) in [7, 11) is 0. The number of hydrogen-bond acceptors (Lipinski definition) is 1. The van der Waals surface area contributed by atoms with Gasteiger partial charge in [-0.25, -0.2) is 0 Å². The number of H-pyrrole nitrogens is 1. The fourth-order valence-corrected chi connectivity index (χ4v) is 4.00. The van der Waals surface area contributed by atoms with E-state index in [2.05, 4.69) is 44.0 Å². The van der Waals surface area contributed by atoms with Crippen molar-refractivity contribution in [3.8, 4) is 0 Å². The summed E-state index contributed by atoms with van der Waals surface area (Å²) in [5.74, 6) is 0.288. The molecule has 1 aromatic carbocycles. The number of likely N-dealkylation sites (tertiary alicyclic amines) is 1. The molecule has 2 N–H and O–H groups in total. The molecule has 1 aromatic heterocycles. The zero-order chi connectivity index (χ0) is 15.9. The van der Waals surface area contributed by atoms with Gasteiger partial charge in [-0.15, -0.1) is 0 Å². The number of piperidine rings is 1. The lowest BCUT2D eigenvalue weighted by Gasteiger charge is -2.34. The third-order valence-electron chi connectivity index (χ3n) is 5.32. The van der Waals surface area contributed by atoms with Gasteiger partial charge in [0.25, 0.3) is 0 Å². The molecule has 1 saturated heterocycles. The molecule has 0 radical (unpaired) electrons. The third kappa shape index (κ3) is 2.58. The third-order valence-corrected chi connectivity index (χ3v) is 5.32. The van der Waals surface area contributed by atoms with E-state index in [0.29, 0.717) is 6.04 Å². The zero-order valence-electron chi connectivity index (χ0n) is 14.1. The molecule has 1 aliphatic rings. The minimum absolute atomic E-state index is 0.0364. The Morgan fingerprint density at radius 2 is 2.09 bits per heavy atom. The molecule has 0 saturated carbocycles. The number of hydrogen-bond donors (Lipinski definition) is 2. The van der Waals surface area contributed by atoms with Gasteiger partial charge in [-0.2, -0.15) is 0 Å². The molecule has 0 spiro atoms. The molecular formula is C19H27N2O+. The fraction of sp³-hybridized carbons (Fsp3) is 0.526. The Morgan fingerprint density at radius 3 is 2.82 bits per heavy atom. The first-order valence-corrected chi connectivity index (χ1v) is 8.47. The summed E-state index contributed by atoms with van der Waals surface area (Å²) < 4.78 is 0. The standard InChI is InChI=1S/C19H26N2O/c1-12-8-9-16-17(11-12)20-14(3)18(16)19(22)15(4)21-10-6-5-7-13(21)2/h8-9,11,13,15,20H,5-7,10H2,1-4H3/p+1/t13-,15+/m1/s1. The molecule has 0 amide bonds. The van der Waals surface area contributed by atoms with Crippen molar-refractivity contribution in [1.29, 1.82) is 0 Å². The maximum atomic E-state index is 13.1. The maximum Gasteiger partial charge on any atom is 0.222 e. The van der Waals surface area contributed by atoms with Crippen LogP contribution in [0.25, 0.3) is 10.9 Å². The normalized spacial score (nSPS) is 23.6. The average molecular weight is 299 g/mol. The first-order valence-electron chi connectivity index (χ1n) is 8.47. The summed E-state index contributed by atoms with van der Waals surface area (Å²) >= 11 is 0. The molecule has 3 rings (SSSR count). The van der Waals surface area contributed by atoms with E-state index >= 15 is 0 Å². The van der Waals surface area contributed by atoms with E-state index in [9.17, 15) is 4.79 Å². The van der Waals surface area contributed by atoms with Crippen LogP contribution >= 0.6 is 0 Å². The second-order valence-electron chi connectivity index (χ2n) is 6.98. The number of fused-ring (bicyclic) bond motifs is 1. The molecule has 0 aliphatic carbocycles. The monoisotopic (exact) mass is 299 g/mol. The summed E-state index contributed by atoms with van der Waals surface area (Å²) in [4.78, 5) is 18.0. The number of ketones is 1. The maximum absolute atomic E-state index is 13.1. The van der Waals surface area contributed by atoms with Gasteiger partial charge in [0.2, 0.25) is 5.78 Å². The minimum Gasteiger partial charge on any atom is -0.358 e. The number of nitrogens with one attached hydrogen (secondary N) is 2. The highest BCUT2D eigenvalue weighted by atomic mass is 16.1. The van der Waals surface area contributed by atoms with Gasteiger partial charge in [0.15, 0.2) is 0 Å². The van der Waals surface area contributed by atoms with Crippen LogP contribution in [0.4, 0.5) is 0 Å². The van der Waals surface area contributed by atoms with Crippen LogP contribution in [0.3, 0.4) is 0 Å². The highest BCUT2D eigenvalue weighted by Crippen LogP contribution is 2.24. The molecule has 0 bridgehead atoms. The van der Waals surface area contributed by atoms with Crippen molar-refractivity contribution in [3.05, 3.63) is 35.0 Å². The highest BCUT2D eigenvalue weighted by molar-refractivity contribution is 6.11. The van der Waals surface area contributed by atoms with Gasteiger partial charge in [-0.05, 0) is 58.6 Å². The number of carbonyl (C=O) groups excluding carboxylic acids is 1. The molecule has 2 heterocycles. The van der Waals surface area contributed by atoms with Gasteiger partial charge in [-0.3, -0.25) is 4.79 Å². The van der Waals surface area contributed by atoms with E-state index < -0.39 is 0 Å². The Bertz CT molecular complexity index is 701. The first kappa shape index (κ1) is 15.3. The topological polar surface area (TPSA) is 37.3 Å². The highest BCUT2D eigenvalue weighted by Gasteiger charge is 2.33. The summed E-state index contributed by atoms with van der Waals surface area (Å²) in [5, 5.41) is 1.07. The quantitative estimate of drug-likeness (QED) is 0.840. The van der Waals surface area contributed by atoms with Crippen LogP contribution in [-0.2, 0) is 0 Å². The molecule has 1 aliphatic heterocycles. The molecule has 118 valence electrons. The Kier molecular flexibility index (Phi) is 4.09. The van der Waals surface area contributed by atoms with Crippen LogP contribution in [0.5, 0.6) is 0 Å². The van der Waals surface area contributed by atoms with Crippen LogP contribution in [0, 0.1) is 13.8 Å². The van der Waals surface area contributed by atoms with Crippen LogP contribution in [0.1, 0.15) is 54.7 Å². The van der Waals surface area contributed by atoms with Gasteiger partial charge >= 0.3 is 0 Å². The smallest absolute Gasteiger partial charge is 0.222 e. The molecule has 1 fully saturated rings. The van der Waals surface area contributed by atoms with Crippen molar-refractivity contribution in [2.75, 3.05) is 6.54 Å². The second kappa shape index (κ2) is 5.88. The van der Waals surface area contributed by atoms with Crippen molar-refractivity contribution in [1.82, 2.24) is 4.98 Å². The van der Waals surface area contributed by atoms with Gasteiger partial charge in [-0.1, -0.05) is 12.1 Å². The molecule has 2 aromatic rings. The number of carbonyl (C=O) groups is 1. The van der Waals surface area contributed by atoms with E-state index in [4.69, 9.17) is 0 Å². The minimum atomic E-state index is 0.0364. The van der Waals surface area contributed by atoms with Crippen molar-refractivity contribution < 1.29 is 9.69 Å². The number of aromatic amines is 1. The van der Waals surface area contributed by atoms with Crippen molar-refractivity contribution in [3.63, 3.8) is 0 Å². The van der Waals surface area contributed by atoms with E-state index in [1.54, 1.807) is 0 Å². The molecule has 3 atom stereocenters. The second-order valence-corrected chi connectivity index (χ2v) is 6.98. The fourth-order valence-electron chi connectivity index (χ4n) is 4.00. The number of aryl methyl sites for hydroxylation is 2. The van der Waals surface area contributed by atoms with Crippen molar-refractivity contribution in [2.45, 2.75) is 59.0 Å². The lowest BCUT2D eigenvalue weighted by Crippen LogP contribution is -3.20. The predicted molar refractivity (Wildman–Crippen MR) is 90.7 cm³/mol. The van der Waals surface area contributed by atoms with Crippen molar-refractivity contribution in [2.24, 2.45) is 0 Å². The number of aromatic nitrogens is 1. The summed E-state index contributed by atoms with van der Waals surface area (Å²) in [5.41, 5.74) is 4.19. The Labute approximate surface area is 132 Å². The summed E-state index contributed by atoms with van der Waals surface area (Å²) in [6, 6.07) is 6.92. The number of benzene rings is 1. The molecule has 1 unspecified atom stereocenters. The van der Waals surface area contributed by atoms with Crippen molar-refractivity contribution >= 4 is 16.7 Å². The van der Waals surface area contributed by atoms with Gasteiger partial charge in [0, 0.05) is 16.6 Å². The van der Waals surface area contributed by atoms with Crippen LogP contribution in [0.2, 0.25) is 0 Å². The van der Waals surface area contributed by atoms with E-state index in [0.717, 1.165) is 28.7 Å². The zero-order valence-corrected chi connectivity index (χ0v) is 14.1. The number of Topliss-reactive ketones (excluding diaryl/α,β-unsaturated/α-hetero) is 1. The SMILES string of the molecule is Cc1ccc2c(C(=O)[C@H](C)[NH+]3CCCC[C@H]3C)c(C)[nH]c2c1. The number of quaternary nitrogens is 1. The lowest BCUT2D eigenvalue weighted by molar-refractivity contribution is -0.941. The molecule has 3 heteroatoms. The largest absolute Gasteiger partial charge is 0.358 e. The first-order chi connectivity index (χ1) is 10.5. The molecule has 22 heavy (non-hydrogen) atoms. The summed E-state index contributed by atoms with van der Waals surface area (Å²) in [6.07, 6.45) is 3.78. The lowest BCUT2D eigenvalue weighted by atomic mass is 9.96. The predicted octanol–water partition coefficient (Wildman–Crippen LogP) is 2.81. The Hall–Kier alpha value is -1.61. The Balaban J connectivity index is 1.96. The van der Waals surface area contributed by atoms with Crippen LogP contribution in [-0.4, -0.2) is 29.4 Å². The van der Waals surface area contributed by atoms with Crippen LogP contribution < -0.4 is 4.90 Å². The van der Waals surface area contributed by atoms with E-state index in [-0.39, 0.29) is 11.8 Å². The number of rotatable bonds is 3. The Morgan fingerprint density at radius 1 is 1.32 bits per heavy atom. The van der Waals surface area contributed by atoms with Gasteiger partial charge in [0.1, 0.15) is 6.04 Å². The molecule has 3 nitrogen and oxygen atoms in total. The summed E-state index contributed by atoms with van der Waals surface area (Å²) in [6.45, 7) is 9.60. The van der Waals surface area contributed by atoms with E-state index in [1.165, 1.54) is 29.7 Å². The van der Waals surface area contributed by atoms with E-state index in [1.807, 2.05) is 6.92 Å².